The van der Waals surface area contributed by atoms with Gasteiger partial charge in [0.25, 0.3) is 0 Å². The van der Waals surface area contributed by atoms with Crippen LogP contribution < -0.4 is 11.0 Å². The summed E-state index contributed by atoms with van der Waals surface area (Å²) in [5.41, 5.74) is 4.11. The van der Waals surface area contributed by atoms with E-state index < -0.39 is 0 Å². The minimum Gasteiger partial charge on any atom is -0.316 e. The smallest absolute Gasteiger partial charge is 0.0577 e. The summed E-state index contributed by atoms with van der Waals surface area (Å²) < 4.78 is 0. The van der Waals surface area contributed by atoms with Gasteiger partial charge in [0, 0.05) is 0 Å². The van der Waals surface area contributed by atoms with Gasteiger partial charge < -0.3 is 10.4 Å². The van der Waals surface area contributed by atoms with Gasteiger partial charge in [0.15, 0.2) is 0 Å². The fraction of sp³-hybridized carbons (Fsp3) is 1.00. The number of hydrogen-bond acceptors (Lipinski definition) is 4. The van der Waals surface area contributed by atoms with Gasteiger partial charge in [0.05, 0.1) is 11.6 Å². The first-order chi connectivity index (χ1) is 5.23. The molecule has 66 valence electrons. The molecular weight excluding hydrogens is 144 g/mol. The Morgan fingerprint density at radius 2 is 2.09 bits per heavy atom. The predicted molar refractivity (Wildman–Crippen MR) is 40.5 cm³/mol. The third-order valence-corrected chi connectivity index (χ3v) is 2.62. The molecule has 0 radical (unpaired) electrons. The van der Waals surface area contributed by atoms with E-state index in [9.17, 15) is 0 Å². The lowest BCUT2D eigenvalue weighted by atomic mass is 9.80. The molecule has 0 unspecified atom stereocenters. The number of hydroxylamine groups is 2. The van der Waals surface area contributed by atoms with Gasteiger partial charge in [-0.25, -0.2) is 5.48 Å². The van der Waals surface area contributed by atoms with E-state index in [1.165, 1.54) is 0 Å². The Balaban J connectivity index is 2.57. The lowest BCUT2D eigenvalue weighted by Gasteiger charge is -2.39. The molecule has 0 bridgehead atoms. The van der Waals surface area contributed by atoms with Crippen molar-refractivity contribution in [2.75, 3.05) is 0 Å². The topological polar surface area (TPSA) is 64.5 Å². The Bertz CT molecular complexity index is 132. The first kappa shape index (κ1) is 8.93. The molecule has 0 heterocycles. The fourth-order valence-corrected chi connectivity index (χ4v) is 1.67. The fourth-order valence-electron chi connectivity index (χ4n) is 1.67. The van der Waals surface area contributed by atoms with Crippen molar-refractivity contribution >= 4 is 0 Å². The molecule has 2 atom stereocenters. The van der Waals surface area contributed by atoms with E-state index in [0.717, 1.165) is 25.7 Å². The van der Waals surface area contributed by atoms with E-state index in [1.54, 1.807) is 0 Å². The molecule has 0 aliphatic heterocycles. The van der Waals surface area contributed by atoms with Gasteiger partial charge in [0.1, 0.15) is 0 Å². The van der Waals surface area contributed by atoms with E-state index >= 15 is 0 Å². The Morgan fingerprint density at radius 1 is 1.36 bits per heavy atom. The van der Waals surface area contributed by atoms with Crippen LogP contribution in [-0.4, -0.2) is 22.0 Å². The highest BCUT2D eigenvalue weighted by Gasteiger charge is 2.35. The Morgan fingerprint density at radius 3 is 2.55 bits per heavy atom. The van der Waals surface area contributed by atoms with Crippen LogP contribution in [0.5, 0.6) is 0 Å². The van der Waals surface area contributed by atoms with Crippen LogP contribution in [0.15, 0.2) is 0 Å². The first-order valence-corrected chi connectivity index (χ1v) is 4.04. The normalized spacial score (nSPS) is 39.0. The van der Waals surface area contributed by atoms with Crippen LogP contribution in [0.1, 0.15) is 32.6 Å². The monoisotopic (exact) mass is 160 g/mol. The largest absolute Gasteiger partial charge is 0.316 e. The summed E-state index contributed by atoms with van der Waals surface area (Å²) in [5.74, 6) is 0. The third-order valence-electron chi connectivity index (χ3n) is 2.62. The van der Waals surface area contributed by atoms with E-state index in [1.807, 2.05) is 6.92 Å². The van der Waals surface area contributed by atoms with Crippen molar-refractivity contribution in [1.29, 1.82) is 0 Å². The standard InChI is InChI=1S/C7H16N2O2/c1-7(9-11)5-3-2-4-6(7)8-10/h6,8-11H,2-5H2,1H3/t6-,7-/m1/s1. The highest BCUT2D eigenvalue weighted by molar-refractivity contribution is 4.94. The second-order valence-corrected chi connectivity index (χ2v) is 3.46. The van der Waals surface area contributed by atoms with Gasteiger partial charge in [-0.3, -0.25) is 0 Å². The summed E-state index contributed by atoms with van der Waals surface area (Å²) in [6.45, 7) is 1.90. The molecule has 0 aromatic carbocycles. The van der Waals surface area contributed by atoms with Crippen molar-refractivity contribution in [3.05, 3.63) is 0 Å². The summed E-state index contributed by atoms with van der Waals surface area (Å²) in [6.07, 6.45) is 4.00. The molecule has 0 saturated heterocycles. The van der Waals surface area contributed by atoms with Crippen LogP contribution >= 0.6 is 0 Å². The molecule has 1 saturated carbocycles. The molecule has 1 rings (SSSR count). The minimum absolute atomic E-state index is 0.0405. The zero-order valence-electron chi connectivity index (χ0n) is 6.80. The van der Waals surface area contributed by atoms with Crippen LogP contribution in [-0.2, 0) is 0 Å². The SMILES string of the molecule is C[C@@]1(NO)CCCC[C@H]1NO. The zero-order valence-corrected chi connectivity index (χ0v) is 6.80. The van der Waals surface area contributed by atoms with Crippen molar-refractivity contribution in [2.45, 2.75) is 44.2 Å². The second kappa shape index (κ2) is 3.49. The molecule has 0 amide bonds. The highest BCUT2D eigenvalue weighted by Crippen LogP contribution is 2.27. The zero-order chi connectivity index (χ0) is 8.32. The summed E-state index contributed by atoms with van der Waals surface area (Å²) in [5, 5.41) is 17.6. The Hall–Kier alpha value is -0.160. The summed E-state index contributed by atoms with van der Waals surface area (Å²) in [7, 11) is 0. The van der Waals surface area contributed by atoms with Gasteiger partial charge in [-0.2, -0.15) is 5.48 Å². The van der Waals surface area contributed by atoms with E-state index in [4.69, 9.17) is 10.4 Å². The molecule has 4 nitrogen and oxygen atoms in total. The van der Waals surface area contributed by atoms with Gasteiger partial charge in [-0.15, -0.1) is 0 Å². The maximum atomic E-state index is 8.85. The van der Waals surface area contributed by atoms with Crippen molar-refractivity contribution < 1.29 is 10.4 Å². The van der Waals surface area contributed by atoms with Crippen LogP contribution in [0.4, 0.5) is 0 Å². The lowest BCUT2D eigenvalue weighted by molar-refractivity contribution is -0.0175. The van der Waals surface area contributed by atoms with Crippen LogP contribution in [0, 0.1) is 0 Å². The highest BCUT2D eigenvalue weighted by atomic mass is 16.5. The van der Waals surface area contributed by atoms with E-state index in [2.05, 4.69) is 11.0 Å². The molecule has 1 aliphatic carbocycles. The summed E-state index contributed by atoms with van der Waals surface area (Å²) >= 11 is 0. The van der Waals surface area contributed by atoms with Gasteiger partial charge in [-0.05, 0) is 19.8 Å². The Labute approximate surface area is 66.5 Å². The average molecular weight is 160 g/mol. The summed E-state index contributed by atoms with van der Waals surface area (Å²) in [4.78, 5) is 0. The number of hydrogen-bond donors (Lipinski definition) is 4. The molecule has 4 heteroatoms. The van der Waals surface area contributed by atoms with Gasteiger partial charge in [0.2, 0.25) is 0 Å². The van der Waals surface area contributed by atoms with Gasteiger partial charge in [-0.1, -0.05) is 12.8 Å². The van der Waals surface area contributed by atoms with Crippen molar-refractivity contribution in [1.82, 2.24) is 11.0 Å². The molecule has 1 fully saturated rings. The number of rotatable bonds is 2. The van der Waals surface area contributed by atoms with Gasteiger partial charge >= 0.3 is 0 Å². The second-order valence-electron chi connectivity index (χ2n) is 3.46. The van der Waals surface area contributed by atoms with Crippen LogP contribution in [0.25, 0.3) is 0 Å². The number of nitrogens with one attached hydrogen (secondary N) is 2. The molecule has 0 aromatic rings. The third kappa shape index (κ3) is 1.70. The first-order valence-electron chi connectivity index (χ1n) is 4.04. The summed E-state index contributed by atoms with van der Waals surface area (Å²) in [6, 6.07) is -0.0405. The molecule has 0 aromatic heterocycles. The minimum atomic E-state index is -0.368. The molecular formula is C7H16N2O2. The van der Waals surface area contributed by atoms with Crippen molar-refractivity contribution in [2.24, 2.45) is 0 Å². The van der Waals surface area contributed by atoms with Crippen LogP contribution in [0.2, 0.25) is 0 Å². The maximum Gasteiger partial charge on any atom is 0.0577 e. The maximum absolute atomic E-state index is 8.85. The molecule has 4 N–H and O–H groups in total. The quantitative estimate of drug-likeness (QED) is 0.448. The lowest BCUT2D eigenvalue weighted by Crippen LogP contribution is -2.57. The van der Waals surface area contributed by atoms with Crippen molar-refractivity contribution in [3.8, 4) is 0 Å². The predicted octanol–water partition coefficient (Wildman–Crippen LogP) is 0.645. The molecule has 1 aliphatic rings. The molecule has 0 spiro atoms. The van der Waals surface area contributed by atoms with Crippen LogP contribution in [0.3, 0.4) is 0 Å². The van der Waals surface area contributed by atoms with E-state index in [-0.39, 0.29) is 11.6 Å². The average Bonchev–Trinajstić information content (AvgIpc) is 2.05. The Kier molecular flexibility index (Phi) is 2.84. The van der Waals surface area contributed by atoms with Crippen molar-refractivity contribution in [3.63, 3.8) is 0 Å². The molecule has 11 heavy (non-hydrogen) atoms. The van der Waals surface area contributed by atoms with E-state index in [0.29, 0.717) is 0 Å².